The molecule has 6 nitrogen and oxygen atoms in total. The second-order valence-electron chi connectivity index (χ2n) is 6.93. The van der Waals surface area contributed by atoms with Crippen LogP contribution in [0.4, 0.5) is 5.69 Å². The van der Waals surface area contributed by atoms with Gasteiger partial charge in [-0.1, -0.05) is 54.1 Å². The van der Waals surface area contributed by atoms with Crippen LogP contribution in [0.3, 0.4) is 0 Å². The zero-order chi connectivity index (χ0) is 22.9. The topological polar surface area (TPSA) is 81.7 Å². The molecule has 0 unspecified atom stereocenters. The van der Waals surface area contributed by atoms with Crippen molar-refractivity contribution in [3.8, 4) is 5.75 Å². The van der Waals surface area contributed by atoms with E-state index in [4.69, 9.17) is 21.1 Å². The summed E-state index contributed by atoms with van der Waals surface area (Å²) in [7, 11) is 1.55. The van der Waals surface area contributed by atoms with Gasteiger partial charge in [-0.15, -0.1) is 0 Å². The number of methoxy groups -OCH3 is 1. The van der Waals surface area contributed by atoms with E-state index >= 15 is 0 Å². The molecule has 1 N–H and O–H groups in total. The van der Waals surface area contributed by atoms with Crippen LogP contribution in [-0.4, -0.2) is 24.8 Å². The highest BCUT2D eigenvalue weighted by Gasteiger charge is 2.26. The van der Waals surface area contributed by atoms with Gasteiger partial charge in [0.25, 0.3) is 0 Å². The smallest absolute Gasteiger partial charge is 0.307 e. The molecule has 0 radical (unpaired) electrons. The number of rotatable bonds is 9. The third-order valence-corrected chi connectivity index (χ3v) is 4.90. The Morgan fingerprint density at radius 3 is 2.16 bits per heavy atom. The molecular formula is C25H22ClNO5. The number of nitrogens with one attached hydrogen (secondary N) is 1. The minimum absolute atomic E-state index is 0.0856. The van der Waals surface area contributed by atoms with E-state index < -0.39 is 12.1 Å². The van der Waals surface area contributed by atoms with Crippen LogP contribution in [0.25, 0.3) is 0 Å². The lowest BCUT2D eigenvalue weighted by molar-refractivity contribution is -0.148. The predicted molar refractivity (Wildman–Crippen MR) is 122 cm³/mol. The molecule has 0 spiro atoms. The summed E-state index contributed by atoms with van der Waals surface area (Å²) < 4.78 is 10.6. The maximum atomic E-state index is 13.0. The number of benzene rings is 3. The van der Waals surface area contributed by atoms with E-state index in [1.165, 1.54) is 0 Å². The number of ketones is 1. The van der Waals surface area contributed by atoms with Crippen LogP contribution < -0.4 is 10.1 Å². The van der Waals surface area contributed by atoms with Crippen LogP contribution >= 0.6 is 11.6 Å². The molecule has 7 heteroatoms. The third-order valence-electron chi connectivity index (χ3n) is 4.65. The SMILES string of the molecule is COc1ccc(NC(=O)CCC(=O)O[C@@H](C(=O)c2ccccc2)c2ccc(Cl)cc2)cc1. The van der Waals surface area contributed by atoms with E-state index in [9.17, 15) is 14.4 Å². The molecule has 0 aliphatic rings. The van der Waals surface area contributed by atoms with Crippen LogP contribution in [0.1, 0.15) is 34.9 Å². The summed E-state index contributed by atoms with van der Waals surface area (Å²) in [5.74, 6) is -0.685. The summed E-state index contributed by atoms with van der Waals surface area (Å²) in [6.45, 7) is 0. The molecule has 3 rings (SSSR count). The van der Waals surface area contributed by atoms with Gasteiger partial charge in [-0.2, -0.15) is 0 Å². The van der Waals surface area contributed by atoms with Gasteiger partial charge in [0.15, 0.2) is 6.10 Å². The first-order chi connectivity index (χ1) is 15.5. The molecule has 0 saturated carbocycles. The highest BCUT2D eigenvalue weighted by Crippen LogP contribution is 2.25. The minimum atomic E-state index is -1.13. The Labute approximate surface area is 191 Å². The molecule has 32 heavy (non-hydrogen) atoms. The van der Waals surface area contributed by atoms with Gasteiger partial charge >= 0.3 is 5.97 Å². The lowest BCUT2D eigenvalue weighted by Gasteiger charge is -2.17. The molecule has 0 bridgehead atoms. The zero-order valence-corrected chi connectivity index (χ0v) is 18.2. The largest absolute Gasteiger partial charge is 0.497 e. The van der Waals surface area contributed by atoms with Gasteiger partial charge in [-0.25, -0.2) is 0 Å². The van der Waals surface area contributed by atoms with Crippen molar-refractivity contribution in [2.24, 2.45) is 0 Å². The number of amides is 1. The van der Waals surface area contributed by atoms with E-state index in [1.54, 1.807) is 86.0 Å². The summed E-state index contributed by atoms with van der Waals surface area (Å²) >= 11 is 5.94. The van der Waals surface area contributed by atoms with E-state index in [2.05, 4.69) is 5.32 Å². The number of carbonyl (C=O) groups excluding carboxylic acids is 3. The third kappa shape index (κ3) is 6.43. The lowest BCUT2D eigenvalue weighted by atomic mass is 10.00. The number of Topliss-reactive ketones (excluding diaryl/α,β-unsaturated/α-hetero) is 1. The van der Waals surface area contributed by atoms with Gasteiger partial charge in [0, 0.05) is 28.3 Å². The minimum Gasteiger partial charge on any atom is -0.497 e. The monoisotopic (exact) mass is 451 g/mol. The van der Waals surface area contributed by atoms with Crippen LogP contribution in [0.2, 0.25) is 5.02 Å². The molecule has 164 valence electrons. The Morgan fingerprint density at radius 2 is 1.53 bits per heavy atom. The highest BCUT2D eigenvalue weighted by atomic mass is 35.5. The zero-order valence-electron chi connectivity index (χ0n) is 17.4. The number of esters is 1. The number of carbonyl (C=O) groups is 3. The first-order valence-electron chi connectivity index (χ1n) is 9.94. The van der Waals surface area contributed by atoms with Gasteiger partial charge in [0.2, 0.25) is 11.7 Å². The van der Waals surface area contributed by atoms with Crippen molar-refractivity contribution >= 4 is 34.9 Å². The quantitative estimate of drug-likeness (QED) is 0.355. The van der Waals surface area contributed by atoms with Gasteiger partial charge in [0.05, 0.1) is 13.5 Å². The molecule has 0 aliphatic carbocycles. The fourth-order valence-electron chi connectivity index (χ4n) is 2.97. The van der Waals surface area contributed by atoms with Gasteiger partial charge in [-0.05, 0) is 36.4 Å². The molecule has 0 heterocycles. The molecule has 1 amide bonds. The fraction of sp³-hybridized carbons (Fsp3) is 0.160. The first kappa shape index (κ1) is 23.0. The van der Waals surface area contributed by atoms with Crippen LogP contribution in [-0.2, 0) is 14.3 Å². The van der Waals surface area contributed by atoms with E-state index in [0.717, 1.165) is 0 Å². The lowest BCUT2D eigenvalue weighted by Crippen LogP contribution is -2.21. The van der Waals surface area contributed by atoms with E-state index in [0.29, 0.717) is 27.6 Å². The maximum absolute atomic E-state index is 13.0. The molecule has 0 fully saturated rings. The van der Waals surface area contributed by atoms with Crippen molar-refractivity contribution in [3.63, 3.8) is 0 Å². The number of hydrogen-bond acceptors (Lipinski definition) is 5. The second kappa shape index (κ2) is 11.1. The van der Waals surface area contributed by atoms with Gasteiger partial charge < -0.3 is 14.8 Å². The van der Waals surface area contributed by atoms with Crippen molar-refractivity contribution in [3.05, 3.63) is 95.0 Å². The van der Waals surface area contributed by atoms with Crippen molar-refractivity contribution < 1.29 is 23.9 Å². The molecule has 3 aromatic carbocycles. The number of hydrogen-bond donors (Lipinski definition) is 1. The van der Waals surface area contributed by atoms with Crippen molar-refractivity contribution in [2.75, 3.05) is 12.4 Å². The summed E-state index contributed by atoms with van der Waals surface area (Å²) in [6, 6.07) is 21.9. The number of halogens is 1. The summed E-state index contributed by atoms with van der Waals surface area (Å²) in [5.41, 5.74) is 1.50. The Morgan fingerprint density at radius 1 is 0.875 bits per heavy atom. The van der Waals surface area contributed by atoms with Crippen LogP contribution in [0, 0.1) is 0 Å². The molecule has 3 aromatic rings. The standard InChI is InChI=1S/C25H22ClNO5/c1-31-21-13-11-20(12-14-21)27-22(28)15-16-23(29)32-25(18-7-9-19(26)10-8-18)24(30)17-5-3-2-4-6-17/h2-14,25H,15-16H2,1H3,(H,27,28)/t25-/m1/s1. The molecule has 0 saturated heterocycles. The summed E-state index contributed by atoms with van der Waals surface area (Å²) in [6.07, 6.45) is -1.39. The molecule has 0 aromatic heterocycles. The molecule has 1 atom stereocenters. The van der Waals surface area contributed by atoms with Crippen molar-refractivity contribution in [1.82, 2.24) is 0 Å². The predicted octanol–water partition coefficient (Wildman–Crippen LogP) is 5.23. The summed E-state index contributed by atoms with van der Waals surface area (Å²) in [5, 5.41) is 3.21. The fourth-order valence-corrected chi connectivity index (χ4v) is 3.09. The van der Waals surface area contributed by atoms with E-state index in [1.807, 2.05) is 0 Å². The normalized spacial score (nSPS) is 11.3. The Bertz CT molecular complexity index is 1070. The molecular weight excluding hydrogens is 430 g/mol. The Kier molecular flexibility index (Phi) is 8.00. The van der Waals surface area contributed by atoms with Crippen molar-refractivity contribution in [2.45, 2.75) is 18.9 Å². The first-order valence-corrected chi connectivity index (χ1v) is 10.3. The Balaban J connectivity index is 1.63. The average molecular weight is 452 g/mol. The highest BCUT2D eigenvalue weighted by molar-refractivity contribution is 6.30. The van der Waals surface area contributed by atoms with Crippen molar-refractivity contribution in [1.29, 1.82) is 0 Å². The second-order valence-corrected chi connectivity index (χ2v) is 7.36. The number of anilines is 1. The van der Waals surface area contributed by atoms with Crippen LogP contribution in [0.5, 0.6) is 5.75 Å². The maximum Gasteiger partial charge on any atom is 0.307 e. The molecule has 0 aliphatic heterocycles. The van der Waals surface area contributed by atoms with E-state index in [-0.39, 0.29) is 24.5 Å². The Hall–Kier alpha value is -3.64. The van der Waals surface area contributed by atoms with Gasteiger partial charge in [-0.3, -0.25) is 14.4 Å². The summed E-state index contributed by atoms with van der Waals surface area (Å²) in [4.78, 5) is 37.7. The van der Waals surface area contributed by atoms with Crippen LogP contribution in [0.15, 0.2) is 78.9 Å². The average Bonchev–Trinajstić information content (AvgIpc) is 2.82. The van der Waals surface area contributed by atoms with Gasteiger partial charge in [0.1, 0.15) is 5.75 Å². The number of ether oxygens (including phenoxy) is 2.